The maximum absolute atomic E-state index is 13.3. The van der Waals surface area contributed by atoms with E-state index >= 15 is 0 Å². The van der Waals surface area contributed by atoms with Crippen LogP contribution in [0.2, 0.25) is 0 Å². The number of nitrogens with one attached hydrogen (secondary N) is 1. The fourth-order valence-corrected chi connectivity index (χ4v) is 4.83. The molecule has 0 spiro atoms. The van der Waals surface area contributed by atoms with E-state index in [9.17, 15) is 14.7 Å². The molecule has 2 aromatic carbocycles. The van der Waals surface area contributed by atoms with E-state index in [1.54, 1.807) is 0 Å². The first-order valence-electron chi connectivity index (χ1n) is 12.3. The zero-order chi connectivity index (χ0) is 24.2. The van der Waals surface area contributed by atoms with Crippen LogP contribution in [0.25, 0.3) is 0 Å². The first-order valence-corrected chi connectivity index (χ1v) is 12.3. The van der Waals surface area contributed by atoms with Crippen LogP contribution in [0, 0.1) is 12.8 Å². The van der Waals surface area contributed by atoms with Crippen LogP contribution < -0.4 is 5.32 Å². The topological polar surface area (TPSA) is 71.3 Å². The predicted octanol–water partition coefficient (Wildman–Crippen LogP) is 6.38. The minimum atomic E-state index is -0.747. The van der Waals surface area contributed by atoms with Crippen molar-refractivity contribution >= 4 is 17.6 Å². The molecule has 3 atom stereocenters. The van der Waals surface area contributed by atoms with Gasteiger partial charge in [-0.15, -0.1) is 0 Å². The molecule has 1 amide bonds. The van der Waals surface area contributed by atoms with Crippen LogP contribution in [-0.4, -0.2) is 21.6 Å². The van der Waals surface area contributed by atoms with E-state index in [1.165, 1.54) is 11.3 Å². The number of amides is 1. The third-order valence-electron chi connectivity index (χ3n) is 6.90. The summed E-state index contributed by atoms with van der Waals surface area (Å²) in [6, 6.07) is 20.6. The van der Waals surface area contributed by atoms with Crippen LogP contribution >= 0.6 is 0 Å². The number of benzene rings is 2. The molecular formula is C29H34N2O3. The van der Waals surface area contributed by atoms with Gasteiger partial charge in [0.15, 0.2) is 0 Å². The molecular weight excluding hydrogens is 424 g/mol. The number of anilines is 1. The highest BCUT2D eigenvalue weighted by Crippen LogP contribution is 2.48. The molecule has 0 saturated heterocycles. The van der Waals surface area contributed by atoms with Crippen LogP contribution in [0.3, 0.4) is 0 Å². The van der Waals surface area contributed by atoms with Gasteiger partial charge >= 0.3 is 5.97 Å². The molecule has 1 saturated carbocycles. The van der Waals surface area contributed by atoms with Gasteiger partial charge in [0.25, 0.3) is 5.91 Å². The lowest BCUT2D eigenvalue weighted by Crippen LogP contribution is -2.20. The molecule has 5 nitrogen and oxygen atoms in total. The second-order valence-corrected chi connectivity index (χ2v) is 9.55. The highest BCUT2D eigenvalue weighted by Gasteiger charge is 2.44. The van der Waals surface area contributed by atoms with Crippen LogP contribution in [0.4, 0.5) is 5.69 Å². The average molecular weight is 459 g/mol. The van der Waals surface area contributed by atoms with Crippen molar-refractivity contribution in [2.45, 2.75) is 64.8 Å². The van der Waals surface area contributed by atoms with Gasteiger partial charge in [-0.2, -0.15) is 0 Å². The van der Waals surface area contributed by atoms with Gasteiger partial charge in [0.05, 0.1) is 5.92 Å². The molecule has 1 aromatic heterocycles. The Labute approximate surface area is 201 Å². The van der Waals surface area contributed by atoms with Crippen molar-refractivity contribution < 1.29 is 14.7 Å². The van der Waals surface area contributed by atoms with Gasteiger partial charge in [0.1, 0.15) is 5.69 Å². The molecule has 1 aliphatic carbocycles. The second kappa shape index (κ2) is 10.3. The smallest absolute Gasteiger partial charge is 0.307 e. The summed E-state index contributed by atoms with van der Waals surface area (Å²) in [5, 5.41) is 12.4. The molecule has 4 rings (SSSR count). The summed E-state index contributed by atoms with van der Waals surface area (Å²) >= 11 is 0. The zero-order valence-electron chi connectivity index (χ0n) is 20.3. The van der Waals surface area contributed by atoms with E-state index < -0.39 is 5.97 Å². The van der Waals surface area contributed by atoms with Crippen LogP contribution in [0.1, 0.15) is 77.9 Å². The normalized spacial score (nSPS) is 17.9. The van der Waals surface area contributed by atoms with Gasteiger partial charge in [-0.3, -0.25) is 9.59 Å². The van der Waals surface area contributed by atoms with Gasteiger partial charge in [-0.25, -0.2) is 0 Å². The van der Waals surface area contributed by atoms with Crippen molar-refractivity contribution in [1.29, 1.82) is 0 Å². The minimum Gasteiger partial charge on any atom is -0.481 e. The van der Waals surface area contributed by atoms with Crippen molar-refractivity contribution in [2.75, 3.05) is 5.32 Å². The number of carboxylic acid groups (broad SMARTS) is 1. The predicted molar refractivity (Wildman–Crippen MR) is 136 cm³/mol. The van der Waals surface area contributed by atoms with E-state index in [2.05, 4.69) is 54.1 Å². The molecule has 0 bridgehead atoms. The Kier molecular flexibility index (Phi) is 7.20. The molecule has 1 heterocycles. The largest absolute Gasteiger partial charge is 0.481 e. The molecule has 0 radical (unpaired) electrons. The maximum atomic E-state index is 13.3. The van der Waals surface area contributed by atoms with Crippen molar-refractivity contribution in [1.82, 2.24) is 4.57 Å². The number of aliphatic carboxylic acids is 1. The van der Waals surface area contributed by atoms with Crippen molar-refractivity contribution in [3.8, 4) is 0 Å². The van der Waals surface area contributed by atoms with E-state index in [4.69, 9.17) is 0 Å². The van der Waals surface area contributed by atoms with Gasteiger partial charge < -0.3 is 15.0 Å². The molecule has 178 valence electrons. The van der Waals surface area contributed by atoms with Crippen molar-refractivity contribution in [3.63, 3.8) is 0 Å². The number of aromatic nitrogens is 1. The number of nitrogens with zero attached hydrogens (tertiary/aromatic N) is 1. The van der Waals surface area contributed by atoms with Gasteiger partial charge in [-0.05, 0) is 92.8 Å². The summed E-state index contributed by atoms with van der Waals surface area (Å²) in [7, 11) is 0. The number of hydrogen-bond donors (Lipinski definition) is 2. The Morgan fingerprint density at radius 2 is 1.85 bits per heavy atom. The Balaban J connectivity index is 1.49. The fourth-order valence-electron chi connectivity index (χ4n) is 4.83. The second-order valence-electron chi connectivity index (χ2n) is 9.55. The Morgan fingerprint density at radius 1 is 1.09 bits per heavy atom. The standard InChI is InChI=1S/C29H34N2O3/c1-4-20(3)31-24(12-8-11-21-9-6-5-7-10-21)13-14-27(31)28(32)30-23-16-19(2)15-22(17-23)25-18-26(25)29(33)34/h5-7,9-10,13-17,20,25-26H,4,8,11-12,18H2,1-3H3,(H,30,32)(H,33,34)/t20?,25-,26+/m0/s1. The van der Waals surface area contributed by atoms with Crippen molar-refractivity contribution in [3.05, 3.63) is 88.7 Å². The molecule has 1 aliphatic rings. The summed E-state index contributed by atoms with van der Waals surface area (Å²) in [6.07, 6.45) is 4.56. The molecule has 1 fully saturated rings. The highest BCUT2D eigenvalue weighted by atomic mass is 16.4. The lowest BCUT2D eigenvalue weighted by Gasteiger charge is -2.20. The molecule has 34 heavy (non-hydrogen) atoms. The lowest BCUT2D eigenvalue weighted by atomic mass is 10.0. The van der Waals surface area contributed by atoms with Gasteiger partial charge in [0.2, 0.25) is 0 Å². The van der Waals surface area contributed by atoms with Crippen molar-refractivity contribution in [2.24, 2.45) is 5.92 Å². The zero-order valence-corrected chi connectivity index (χ0v) is 20.3. The van der Waals surface area contributed by atoms with E-state index in [0.717, 1.165) is 42.5 Å². The lowest BCUT2D eigenvalue weighted by molar-refractivity contribution is -0.138. The molecule has 2 N–H and O–H groups in total. The third kappa shape index (κ3) is 5.41. The number of carbonyl (C=O) groups excluding carboxylic acids is 1. The number of rotatable bonds is 10. The van der Waals surface area contributed by atoms with Crippen LogP contribution in [0.5, 0.6) is 0 Å². The van der Waals surface area contributed by atoms with Gasteiger partial charge in [-0.1, -0.05) is 43.3 Å². The number of aryl methyl sites for hydroxylation is 3. The third-order valence-corrected chi connectivity index (χ3v) is 6.90. The highest BCUT2D eigenvalue weighted by molar-refractivity contribution is 6.03. The number of carbonyl (C=O) groups is 2. The Hall–Kier alpha value is -3.34. The van der Waals surface area contributed by atoms with Crippen LogP contribution in [0.15, 0.2) is 60.7 Å². The number of hydrogen-bond acceptors (Lipinski definition) is 2. The SMILES string of the molecule is CCC(C)n1c(CCCc2ccccc2)ccc1C(=O)Nc1cc(C)cc([C@@H]2C[C@H]2C(=O)O)c1. The quantitative estimate of drug-likeness (QED) is 0.370. The van der Waals surface area contributed by atoms with Crippen LogP contribution in [-0.2, 0) is 17.6 Å². The van der Waals surface area contributed by atoms with Gasteiger partial charge in [0, 0.05) is 17.4 Å². The molecule has 5 heteroatoms. The van der Waals surface area contributed by atoms with E-state index in [-0.39, 0.29) is 23.8 Å². The molecule has 3 aromatic rings. The van der Waals surface area contributed by atoms with E-state index in [0.29, 0.717) is 12.1 Å². The fraction of sp³-hybridized carbons (Fsp3) is 0.379. The Morgan fingerprint density at radius 3 is 2.53 bits per heavy atom. The maximum Gasteiger partial charge on any atom is 0.307 e. The average Bonchev–Trinajstić information content (AvgIpc) is 3.52. The first kappa shape index (κ1) is 23.8. The Bertz CT molecular complexity index is 1170. The summed E-state index contributed by atoms with van der Waals surface area (Å²) in [4.78, 5) is 24.6. The molecule has 0 aliphatic heterocycles. The summed E-state index contributed by atoms with van der Waals surface area (Å²) in [6.45, 7) is 6.27. The summed E-state index contributed by atoms with van der Waals surface area (Å²) in [5.74, 6) is -1.15. The summed E-state index contributed by atoms with van der Waals surface area (Å²) < 4.78 is 2.18. The number of carboxylic acids is 1. The minimum absolute atomic E-state index is 0.0354. The molecule has 1 unspecified atom stereocenters. The monoisotopic (exact) mass is 458 g/mol. The first-order chi connectivity index (χ1) is 16.4. The van der Waals surface area contributed by atoms with E-state index in [1.807, 2.05) is 37.3 Å². The summed E-state index contributed by atoms with van der Waals surface area (Å²) in [5.41, 5.74) is 5.91.